The van der Waals surface area contributed by atoms with Crippen LogP contribution in [0, 0.1) is 17.8 Å². The number of carbonyl (C=O) groups excluding carboxylic acids is 1. The van der Waals surface area contributed by atoms with E-state index in [4.69, 9.17) is 0 Å². The average Bonchev–Trinajstić information content (AvgIpc) is 3.02. The van der Waals surface area contributed by atoms with Crippen molar-refractivity contribution in [2.45, 2.75) is 25.7 Å². The molecule has 0 aromatic heterocycles. The summed E-state index contributed by atoms with van der Waals surface area (Å²) in [5, 5.41) is 3.03. The molecule has 1 aromatic rings. The molecule has 2 nitrogen and oxygen atoms in total. The summed E-state index contributed by atoms with van der Waals surface area (Å²) in [7, 11) is 0. The lowest BCUT2D eigenvalue weighted by Gasteiger charge is -2.04. The number of para-hydroxylation sites is 1. The Kier molecular flexibility index (Phi) is 3.18. The van der Waals surface area contributed by atoms with Gasteiger partial charge >= 0.3 is 0 Å². The molecule has 1 N–H and O–H groups in total. The van der Waals surface area contributed by atoms with Crippen LogP contribution in [0.5, 0.6) is 0 Å². The highest BCUT2D eigenvalue weighted by molar-refractivity contribution is 5.95. The highest BCUT2D eigenvalue weighted by Crippen LogP contribution is 2.51. The summed E-state index contributed by atoms with van der Waals surface area (Å²) in [4.78, 5) is 12.2. The zero-order valence-corrected chi connectivity index (χ0v) is 10.5. The number of fused-ring (bicyclic) bond motifs is 1. The highest BCUT2D eigenvalue weighted by Gasteiger charge is 2.52. The number of hydrogen-bond acceptors (Lipinski definition) is 1. The number of rotatable bonds is 2. The number of allylic oxidation sites excluding steroid dienone is 2. The van der Waals surface area contributed by atoms with Crippen molar-refractivity contribution in [3.8, 4) is 0 Å². The topological polar surface area (TPSA) is 29.1 Å². The first kappa shape index (κ1) is 11.5. The van der Waals surface area contributed by atoms with Gasteiger partial charge in [-0.15, -0.1) is 0 Å². The van der Waals surface area contributed by atoms with Crippen LogP contribution in [0.4, 0.5) is 5.69 Å². The molecule has 1 aromatic carbocycles. The van der Waals surface area contributed by atoms with Crippen molar-refractivity contribution in [2.24, 2.45) is 17.8 Å². The van der Waals surface area contributed by atoms with E-state index in [9.17, 15) is 4.79 Å². The van der Waals surface area contributed by atoms with E-state index in [-0.39, 0.29) is 11.8 Å². The Balaban J connectivity index is 1.64. The number of carbonyl (C=O) groups is 1. The van der Waals surface area contributed by atoms with Crippen molar-refractivity contribution in [3.63, 3.8) is 0 Å². The highest BCUT2D eigenvalue weighted by atomic mass is 16.2. The molecule has 1 fully saturated rings. The number of nitrogens with one attached hydrogen (secondary N) is 1. The van der Waals surface area contributed by atoms with Crippen LogP contribution in [0.25, 0.3) is 0 Å². The third-order valence-corrected chi connectivity index (χ3v) is 4.09. The number of benzene rings is 1. The van der Waals surface area contributed by atoms with Crippen molar-refractivity contribution in [1.82, 2.24) is 0 Å². The predicted octanol–water partition coefficient (Wildman–Crippen LogP) is 3.62. The Hall–Kier alpha value is -1.57. The molecule has 0 bridgehead atoms. The standard InChI is InChI=1S/C16H19NO/c18-16(17-12-8-4-3-5-9-12)15-13-10-6-1-2-7-11-14(13)15/h3-6,8-10,13-15H,1-2,7,11H2,(H,17,18)/t13-,14+,15-/m1/s1. The molecule has 0 unspecified atom stereocenters. The lowest BCUT2D eigenvalue weighted by atomic mass is 10.1. The van der Waals surface area contributed by atoms with Gasteiger partial charge in [-0.2, -0.15) is 0 Å². The summed E-state index contributed by atoms with van der Waals surface area (Å²) < 4.78 is 0. The fourth-order valence-electron chi connectivity index (χ4n) is 3.05. The SMILES string of the molecule is O=C(Nc1ccccc1)[C@@H]1[C@@H]2C=CCCCC[C@@H]21. The molecule has 0 saturated heterocycles. The van der Waals surface area contributed by atoms with Crippen molar-refractivity contribution < 1.29 is 4.79 Å². The maximum atomic E-state index is 12.2. The molecule has 0 spiro atoms. The minimum atomic E-state index is 0.197. The summed E-state index contributed by atoms with van der Waals surface area (Å²) in [6.07, 6.45) is 9.44. The van der Waals surface area contributed by atoms with E-state index in [0.717, 1.165) is 5.69 Å². The third kappa shape index (κ3) is 2.33. The van der Waals surface area contributed by atoms with Gasteiger partial charge in [0.15, 0.2) is 0 Å². The predicted molar refractivity (Wildman–Crippen MR) is 73.1 cm³/mol. The molecule has 18 heavy (non-hydrogen) atoms. The second-order valence-electron chi connectivity index (χ2n) is 5.33. The zero-order valence-electron chi connectivity index (χ0n) is 10.5. The van der Waals surface area contributed by atoms with Crippen LogP contribution in [0.3, 0.4) is 0 Å². The summed E-state index contributed by atoms with van der Waals surface area (Å²) in [6, 6.07) is 9.75. The molecule has 2 heteroatoms. The van der Waals surface area contributed by atoms with E-state index in [1.54, 1.807) is 0 Å². The molecular weight excluding hydrogens is 222 g/mol. The Morgan fingerprint density at radius 3 is 2.83 bits per heavy atom. The van der Waals surface area contributed by atoms with Gasteiger partial charge in [-0.1, -0.05) is 36.8 Å². The van der Waals surface area contributed by atoms with Gasteiger partial charge in [0, 0.05) is 11.6 Å². The van der Waals surface area contributed by atoms with E-state index in [0.29, 0.717) is 11.8 Å². The second-order valence-corrected chi connectivity index (χ2v) is 5.33. The van der Waals surface area contributed by atoms with Gasteiger partial charge in [0.2, 0.25) is 5.91 Å². The molecular formula is C16H19NO. The van der Waals surface area contributed by atoms with Crippen LogP contribution >= 0.6 is 0 Å². The first-order valence-corrected chi connectivity index (χ1v) is 6.89. The Morgan fingerprint density at radius 2 is 2.00 bits per heavy atom. The molecule has 1 amide bonds. The van der Waals surface area contributed by atoms with Crippen molar-refractivity contribution in [2.75, 3.05) is 5.32 Å². The number of anilines is 1. The van der Waals surface area contributed by atoms with Gasteiger partial charge in [0.1, 0.15) is 0 Å². The van der Waals surface area contributed by atoms with Gasteiger partial charge in [-0.05, 0) is 43.2 Å². The lowest BCUT2D eigenvalue weighted by Crippen LogP contribution is -2.15. The van der Waals surface area contributed by atoms with Crippen LogP contribution < -0.4 is 5.32 Å². The Bertz CT molecular complexity index is 451. The third-order valence-electron chi connectivity index (χ3n) is 4.09. The normalized spacial score (nSPS) is 29.9. The molecule has 0 heterocycles. The van der Waals surface area contributed by atoms with E-state index in [1.165, 1.54) is 25.7 Å². The van der Waals surface area contributed by atoms with Crippen LogP contribution in [0.1, 0.15) is 25.7 Å². The van der Waals surface area contributed by atoms with E-state index < -0.39 is 0 Å². The molecule has 0 aliphatic heterocycles. The Labute approximate surface area is 108 Å². The monoisotopic (exact) mass is 241 g/mol. The van der Waals surface area contributed by atoms with Gasteiger partial charge in [-0.25, -0.2) is 0 Å². The maximum absolute atomic E-state index is 12.2. The van der Waals surface area contributed by atoms with Crippen LogP contribution in [-0.4, -0.2) is 5.91 Å². The van der Waals surface area contributed by atoms with Gasteiger partial charge in [0.25, 0.3) is 0 Å². The van der Waals surface area contributed by atoms with E-state index in [1.807, 2.05) is 30.3 Å². The molecule has 1 saturated carbocycles. The smallest absolute Gasteiger partial charge is 0.228 e. The van der Waals surface area contributed by atoms with Crippen LogP contribution in [-0.2, 0) is 4.79 Å². The quantitative estimate of drug-likeness (QED) is 0.787. The average molecular weight is 241 g/mol. The van der Waals surface area contributed by atoms with E-state index >= 15 is 0 Å². The summed E-state index contributed by atoms with van der Waals surface area (Å²) in [6.45, 7) is 0. The van der Waals surface area contributed by atoms with Gasteiger partial charge < -0.3 is 5.32 Å². The van der Waals surface area contributed by atoms with Gasteiger partial charge in [-0.3, -0.25) is 4.79 Å². The summed E-state index contributed by atoms with van der Waals surface area (Å²) >= 11 is 0. The van der Waals surface area contributed by atoms with Crippen molar-refractivity contribution >= 4 is 11.6 Å². The summed E-state index contributed by atoms with van der Waals surface area (Å²) in [5.74, 6) is 1.49. The van der Waals surface area contributed by atoms with Gasteiger partial charge in [0.05, 0.1) is 0 Å². The molecule has 3 rings (SSSR count). The molecule has 0 radical (unpaired) electrons. The van der Waals surface area contributed by atoms with E-state index in [2.05, 4.69) is 17.5 Å². The molecule has 3 atom stereocenters. The molecule has 2 aliphatic carbocycles. The van der Waals surface area contributed by atoms with Crippen molar-refractivity contribution in [3.05, 3.63) is 42.5 Å². The minimum absolute atomic E-state index is 0.197. The number of amides is 1. The Morgan fingerprint density at radius 1 is 1.17 bits per heavy atom. The number of hydrogen-bond donors (Lipinski definition) is 1. The largest absolute Gasteiger partial charge is 0.326 e. The lowest BCUT2D eigenvalue weighted by molar-refractivity contribution is -0.117. The summed E-state index contributed by atoms with van der Waals surface area (Å²) in [5.41, 5.74) is 0.908. The van der Waals surface area contributed by atoms with Crippen LogP contribution in [0.2, 0.25) is 0 Å². The molecule has 94 valence electrons. The van der Waals surface area contributed by atoms with Crippen LogP contribution in [0.15, 0.2) is 42.5 Å². The minimum Gasteiger partial charge on any atom is -0.326 e. The fourth-order valence-corrected chi connectivity index (χ4v) is 3.05. The second kappa shape index (κ2) is 4.97. The first-order chi connectivity index (χ1) is 8.86. The first-order valence-electron chi connectivity index (χ1n) is 6.89. The zero-order chi connectivity index (χ0) is 12.4. The van der Waals surface area contributed by atoms with Crippen molar-refractivity contribution in [1.29, 1.82) is 0 Å². The maximum Gasteiger partial charge on any atom is 0.228 e. The molecule has 2 aliphatic rings. The fraction of sp³-hybridized carbons (Fsp3) is 0.438.